The van der Waals surface area contributed by atoms with Crippen LogP contribution >= 0.6 is 0 Å². The molecule has 1 aliphatic carbocycles. The summed E-state index contributed by atoms with van der Waals surface area (Å²) in [6.07, 6.45) is 5.42. The molecule has 1 saturated carbocycles. The van der Waals surface area contributed by atoms with Gasteiger partial charge in [0.25, 0.3) is 5.91 Å². The molecular formula is C22H30N2O5S. The second kappa shape index (κ2) is 9.08. The van der Waals surface area contributed by atoms with E-state index in [0.717, 1.165) is 42.4 Å². The summed E-state index contributed by atoms with van der Waals surface area (Å²) in [4.78, 5) is 14.8. The first-order valence-electron chi connectivity index (χ1n) is 10.7. The number of piperidine rings is 1. The van der Waals surface area contributed by atoms with Crippen LogP contribution in [-0.4, -0.2) is 57.2 Å². The predicted molar refractivity (Wildman–Crippen MR) is 114 cm³/mol. The van der Waals surface area contributed by atoms with E-state index in [4.69, 9.17) is 9.47 Å². The molecule has 2 bridgehead atoms. The number of fused-ring (bicyclic) bond motifs is 5. The average molecular weight is 435 g/mol. The molecule has 1 unspecified atom stereocenters. The highest BCUT2D eigenvalue weighted by Gasteiger charge is 2.37. The van der Waals surface area contributed by atoms with Crippen molar-refractivity contribution < 1.29 is 22.7 Å². The fraction of sp³-hybridized carbons (Fsp3) is 0.591. The average Bonchev–Trinajstić information content (AvgIpc) is 2.78. The summed E-state index contributed by atoms with van der Waals surface area (Å²) in [5, 5.41) is 0.912. The van der Waals surface area contributed by atoms with E-state index in [-0.39, 0.29) is 24.7 Å². The maximum Gasteiger partial charge on any atom is 0.260 e. The summed E-state index contributed by atoms with van der Waals surface area (Å²) >= 11 is 0. The van der Waals surface area contributed by atoms with Gasteiger partial charge in [-0.15, -0.1) is 0 Å². The largest absolute Gasteiger partial charge is 0.483 e. The zero-order valence-corrected chi connectivity index (χ0v) is 18.0. The van der Waals surface area contributed by atoms with Crippen LogP contribution in [0.4, 0.5) is 0 Å². The van der Waals surface area contributed by atoms with Crippen molar-refractivity contribution in [2.24, 2.45) is 0 Å². The molecule has 4 aliphatic rings. The number of sulfonamides is 1. The van der Waals surface area contributed by atoms with Crippen molar-refractivity contribution in [2.45, 2.75) is 62.6 Å². The second-order valence-electron chi connectivity index (χ2n) is 8.37. The number of hydrogen-bond donors (Lipinski definition) is 1. The van der Waals surface area contributed by atoms with Crippen molar-refractivity contribution >= 4 is 15.9 Å². The molecule has 164 valence electrons. The molecule has 1 aromatic carbocycles. The number of hydrogen-bond acceptors (Lipinski definition) is 5. The van der Waals surface area contributed by atoms with Crippen molar-refractivity contribution in [3.8, 4) is 5.75 Å². The number of carbonyl (C=O) groups is 1. The summed E-state index contributed by atoms with van der Waals surface area (Å²) in [7, 11) is -3.61. The smallest absolute Gasteiger partial charge is 0.260 e. The number of amides is 1. The van der Waals surface area contributed by atoms with Crippen LogP contribution in [0.1, 0.15) is 50.0 Å². The van der Waals surface area contributed by atoms with Gasteiger partial charge in [-0.05, 0) is 56.1 Å². The molecule has 3 heterocycles. The van der Waals surface area contributed by atoms with E-state index in [1.165, 1.54) is 0 Å². The van der Waals surface area contributed by atoms with E-state index in [2.05, 4.69) is 17.4 Å². The first kappa shape index (κ1) is 21.3. The van der Waals surface area contributed by atoms with Gasteiger partial charge in [0.2, 0.25) is 10.0 Å². The Labute approximate surface area is 178 Å². The standard InChI is InChI=1S/C22H30N2O5S/c1-2-30(26,27)23-19-7-5-13-24-20(19)14-28-17-11-9-16(10-12-17)18-6-3-4-8-21(18)29-15-22(24)25/h2-4,6,8,16-17,19-20,23H,1,5,7,9-15H2/t16?,17?,19?,20-/m0/s1. The topological polar surface area (TPSA) is 84.9 Å². The van der Waals surface area contributed by atoms with Gasteiger partial charge in [-0.1, -0.05) is 24.8 Å². The highest BCUT2D eigenvalue weighted by molar-refractivity contribution is 7.92. The SMILES string of the molecule is C=CS(=O)(=O)NC1CCCN2C(=O)COc3ccccc3C3CCC(CC3)OC[C@@H]12. The van der Waals surface area contributed by atoms with Crippen molar-refractivity contribution in [1.82, 2.24) is 9.62 Å². The Morgan fingerprint density at radius 1 is 1.13 bits per heavy atom. The number of carbonyl (C=O) groups excluding carboxylic acids is 1. The van der Waals surface area contributed by atoms with Crippen LogP contribution in [0.2, 0.25) is 0 Å². The number of nitrogens with one attached hydrogen (secondary N) is 1. The van der Waals surface area contributed by atoms with E-state index in [1.807, 2.05) is 18.2 Å². The van der Waals surface area contributed by atoms with E-state index >= 15 is 0 Å². The molecule has 1 amide bonds. The Hall–Kier alpha value is -1.90. The molecule has 2 atom stereocenters. The summed E-state index contributed by atoms with van der Waals surface area (Å²) in [5.74, 6) is 1.03. The van der Waals surface area contributed by atoms with Crippen LogP contribution in [0.3, 0.4) is 0 Å². The van der Waals surface area contributed by atoms with Crippen LogP contribution in [0.25, 0.3) is 0 Å². The van der Waals surface area contributed by atoms with Crippen molar-refractivity contribution in [3.05, 3.63) is 41.8 Å². The number of para-hydroxylation sites is 1. The van der Waals surface area contributed by atoms with E-state index in [1.54, 1.807) is 4.90 Å². The lowest BCUT2D eigenvalue weighted by Gasteiger charge is -2.41. The first-order valence-corrected chi connectivity index (χ1v) is 12.3. The maximum atomic E-state index is 13.1. The number of benzene rings is 1. The zero-order chi connectivity index (χ0) is 21.1. The summed E-state index contributed by atoms with van der Waals surface area (Å²) < 4.78 is 39.1. The van der Waals surface area contributed by atoms with Crippen LogP contribution in [0, 0.1) is 0 Å². The quantitative estimate of drug-likeness (QED) is 0.790. The Morgan fingerprint density at radius 3 is 2.67 bits per heavy atom. The third kappa shape index (κ3) is 4.71. The lowest BCUT2D eigenvalue weighted by Crippen LogP contribution is -2.59. The second-order valence-corrected chi connectivity index (χ2v) is 10.0. The van der Waals surface area contributed by atoms with Crippen molar-refractivity contribution in [1.29, 1.82) is 0 Å². The molecule has 8 heteroatoms. The Kier molecular flexibility index (Phi) is 6.46. The lowest BCUT2D eigenvalue weighted by molar-refractivity contribution is -0.140. The monoisotopic (exact) mass is 434 g/mol. The molecule has 1 N–H and O–H groups in total. The minimum atomic E-state index is -3.61. The summed E-state index contributed by atoms with van der Waals surface area (Å²) in [6.45, 7) is 4.20. The third-order valence-electron chi connectivity index (χ3n) is 6.52. The molecule has 7 nitrogen and oxygen atoms in total. The molecule has 0 aromatic heterocycles. The molecule has 30 heavy (non-hydrogen) atoms. The van der Waals surface area contributed by atoms with Gasteiger partial charge in [0, 0.05) is 18.0 Å². The molecule has 0 radical (unpaired) electrons. The molecule has 3 aliphatic heterocycles. The third-order valence-corrected chi connectivity index (χ3v) is 7.59. The molecule has 2 fully saturated rings. The van der Waals surface area contributed by atoms with Gasteiger partial charge >= 0.3 is 0 Å². The van der Waals surface area contributed by atoms with Gasteiger partial charge in [-0.3, -0.25) is 4.79 Å². The normalized spacial score (nSPS) is 30.1. The Bertz CT molecular complexity index is 879. The Morgan fingerprint density at radius 2 is 1.90 bits per heavy atom. The van der Waals surface area contributed by atoms with Crippen LogP contribution < -0.4 is 9.46 Å². The van der Waals surface area contributed by atoms with Gasteiger partial charge in [0.1, 0.15) is 5.75 Å². The molecule has 0 spiro atoms. The zero-order valence-electron chi connectivity index (χ0n) is 17.2. The Balaban J connectivity index is 1.61. The van der Waals surface area contributed by atoms with Gasteiger partial charge in [-0.25, -0.2) is 13.1 Å². The van der Waals surface area contributed by atoms with Crippen LogP contribution in [0.15, 0.2) is 36.3 Å². The minimum absolute atomic E-state index is 0.0649. The molecular weight excluding hydrogens is 404 g/mol. The van der Waals surface area contributed by atoms with E-state index in [9.17, 15) is 13.2 Å². The summed E-state index contributed by atoms with van der Waals surface area (Å²) in [5.41, 5.74) is 1.16. The van der Waals surface area contributed by atoms with Crippen molar-refractivity contribution in [2.75, 3.05) is 19.8 Å². The number of rotatable bonds is 3. The number of nitrogens with zero attached hydrogens (tertiary/aromatic N) is 1. The van der Waals surface area contributed by atoms with Gasteiger partial charge in [0.05, 0.1) is 18.8 Å². The fourth-order valence-corrected chi connectivity index (χ4v) is 5.71. The van der Waals surface area contributed by atoms with Crippen LogP contribution in [0.5, 0.6) is 5.75 Å². The van der Waals surface area contributed by atoms with Gasteiger partial charge < -0.3 is 14.4 Å². The van der Waals surface area contributed by atoms with Crippen molar-refractivity contribution in [3.63, 3.8) is 0 Å². The lowest BCUT2D eigenvalue weighted by atomic mass is 9.82. The molecule has 1 saturated heterocycles. The highest BCUT2D eigenvalue weighted by atomic mass is 32.2. The minimum Gasteiger partial charge on any atom is -0.483 e. The van der Waals surface area contributed by atoms with Gasteiger partial charge in [-0.2, -0.15) is 0 Å². The highest BCUT2D eigenvalue weighted by Crippen LogP contribution is 2.38. The van der Waals surface area contributed by atoms with E-state index < -0.39 is 16.1 Å². The van der Waals surface area contributed by atoms with Crippen LogP contribution in [-0.2, 0) is 19.6 Å². The predicted octanol–water partition coefficient (Wildman–Crippen LogP) is 2.54. The van der Waals surface area contributed by atoms with E-state index in [0.29, 0.717) is 31.9 Å². The fourth-order valence-electron chi connectivity index (χ4n) is 4.92. The first-order chi connectivity index (χ1) is 14.5. The summed E-state index contributed by atoms with van der Waals surface area (Å²) in [6, 6.07) is 7.20. The molecule has 1 aromatic rings. The number of ether oxygens (including phenoxy) is 2. The maximum absolute atomic E-state index is 13.1. The molecule has 5 rings (SSSR count). The van der Waals surface area contributed by atoms with Gasteiger partial charge in [0.15, 0.2) is 6.61 Å².